The monoisotopic (exact) mass is 628 g/mol. The van der Waals surface area contributed by atoms with E-state index < -0.39 is 11.8 Å². The van der Waals surface area contributed by atoms with E-state index in [-0.39, 0.29) is 42.9 Å². The summed E-state index contributed by atoms with van der Waals surface area (Å²) >= 11 is 24.3. The average molecular weight is 630 g/mol. The van der Waals surface area contributed by atoms with E-state index in [0.717, 1.165) is 21.7 Å². The molecule has 0 aliphatic heterocycles. The van der Waals surface area contributed by atoms with E-state index >= 15 is 0 Å². The van der Waals surface area contributed by atoms with Gasteiger partial charge in [-0.05, 0) is 73.0 Å². The topological polar surface area (TPSA) is 76.6 Å². The Labute approximate surface area is 257 Å². The Kier molecular flexibility index (Phi) is 10.4. The Bertz CT molecular complexity index is 1510. The van der Waals surface area contributed by atoms with Gasteiger partial charge in [0, 0.05) is 29.7 Å². The van der Waals surface area contributed by atoms with Crippen molar-refractivity contribution in [1.29, 1.82) is 0 Å². The second-order valence-electron chi connectivity index (χ2n) is 9.01. The van der Waals surface area contributed by atoms with Crippen LogP contribution in [0.15, 0.2) is 79.0 Å². The van der Waals surface area contributed by atoms with Gasteiger partial charge in [-0.3, -0.25) is 19.4 Å². The number of nitrogens with zero attached hydrogens (tertiary/aromatic N) is 2. The van der Waals surface area contributed by atoms with Crippen LogP contribution in [-0.2, 0) is 22.4 Å². The third-order valence-electron chi connectivity index (χ3n) is 6.14. The van der Waals surface area contributed by atoms with Gasteiger partial charge in [-0.1, -0.05) is 70.7 Å². The van der Waals surface area contributed by atoms with Crippen LogP contribution in [0.25, 0.3) is 0 Å². The lowest BCUT2D eigenvalue weighted by molar-refractivity contribution is -0.143. The number of aromatic nitrogens is 1. The molecule has 0 saturated carbocycles. The molecule has 4 aromatic rings. The van der Waals surface area contributed by atoms with Crippen LogP contribution >= 0.6 is 46.4 Å². The quantitative estimate of drug-likeness (QED) is 0.138. The number of pyridine rings is 1. The van der Waals surface area contributed by atoms with Gasteiger partial charge in [0.25, 0.3) is 11.8 Å². The summed E-state index contributed by atoms with van der Waals surface area (Å²) in [5.74, 6) is -1.45. The van der Waals surface area contributed by atoms with Gasteiger partial charge in [0.15, 0.2) is 0 Å². The molecule has 0 aliphatic rings. The highest BCUT2D eigenvalue weighted by molar-refractivity contribution is 6.43. The minimum Gasteiger partial charge on any atom is -0.466 e. The first-order chi connectivity index (χ1) is 19.7. The van der Waals surface area contributed by atoms with Gasteiger partial charge < -0.3 is 4.74 Å². The van der Waals surface area contributed by atoms with Gasteiger partial charge >= 0.3 is 5.97 Å². The number of imide groups is 1. The molecule has 6 nitrogen and oxygen atoms in total. The maximum Gasteiger partial charge on any atom is 0.306 e. The number of halogens is 4. The minimum absolute atomic E-state index is 0.167. The fraction of sp³-hybridized carbons (Fsp3) is 0.161. The van der Waals surface area contributed by atoms with E-state index in [0.29, 0.717) is 25.9 Å². The van der Waals surface area contributed by atoms with Crippen molar-refractivity contribution in [2.24, 2.45) is 0 Å². The van der Waals surface area contributed by atoms with E-state index in [2.05, 4.69) is 4.98 Å². The number of benzene rings is 3. The molecule has 0 N–H and O–H groups in total. The van der Waals surface area contributed by atoms with E-state index in [4.69, 9.17) is 51.1 Å². The van der Waals surface area contributed by atoms with Crippen LogP contribution in [0.3, 0.4) is 0 Å². The third-order valence-corrected chi connectivity index (χ3v) is 7.62. The molecule has 0 bridgehead atoms. The van der Waals surface area contributed by atoms with E-state index in [1.165, 1.54) is 42.6 Å². The van der Waals surface area contributed by atoms with Crippen molar-refractivity contribution in [3.05, 3.63) is 127 Å². The molecule has 0 fully saturated rings. The van der Waals surface area contributed by atoms with E-state index in [9.17, 15) is 14.4 Å². The summed E-state index contributed by atoms with van der Waals surface area (Å²) in [4.78, 5) is 44.3. The molecule has 3 aromatic carbocycles. The van der Waals surface area contributed by atoms with Crippen molar-refractivity contribution >= 4 is 69.9 Å². The molecule has 10 heteroatoms. The van der Waals surface area contributed by atoms with Crippen LogP contribution in [0.2, 0.25) is 20.1 Å². The summed E-state index contributed by atoms with van der Waals surface area (Å²) in [6, 6.07) is 20.1. The molecular weight excluding hydrogens is 606 g/mol. The van der Waals surface area contributed by atoms with Crippen LogP contribution in [0, 0.1) is 0 Å². The van der Waals surface area contributed by atoms with Gasteiger partial charge in [0.1, 0.15) is 0 Å². The SMILES string of the molecule is CCOC(=O)CCc1ccc(Cc2ccc(N(C(=O)c3ccc(Cl)c(Cl)c3)C(=O)c3ccc(Cl)c(Cl)c3)cn2)cc1. The van der Waals surface area contributed by atoms with Crippen LogP contribution in [0.1, 0.15) is 50.9 Å². The summed E-state index contributed by atoms with van der Waals surface area (Å²) in [7, 11) is 0. The summed E-state index contributed by atoms with van der Waals surface area (Å²) in [6.07, 6.45) is 2.92. The predicted molar refractivity (Wildman–Crippen MR) is 163 cm³/mol. The number of anilines is 1. The standard InChI is InChI=1S/C31H24Cl4N2O4/c1-2-41-29(38)14-7-19-3-5-20(6-4-19)15-23-10-11-24(18-36-23)37(30(39)21-8-12-25(32)27(34)16-21)31(40)22-9-13-26(33)28(35)17-22/h3-6,8-13,16-18H,2,7,14-15H2,1H3. The van der Waals surface area contributed by atoms with Crippen molar-refractivity contribution in [1.82, 2.24) is 4.98 Å². The van der Waals surface area contributed by atoms with Gasteiger partial charge in [0.2, 0.25) is 0 Å². The van der Waals surface area contributed by atoms with Crippen LogP contribution in [0.4, 0.5) is 5.69 Å². The molecule has 0 saturated heterocycles. The molecule has 0 aliphatic carbocycles. The molecule has 0 radical (unpaired) electrons. The zero-order valence-electron chi connectivity index (χ0n) is 21.9. The molecule has 41 heavy (non-hydrogen) atoms. The largest absolute Gasteiger partial charge is 0.466 e. The second kappa shape index (κ2) is 14.0. The Morgan fingerprint density at radius 2 is 1.29 bits per heavy atom. The molecule has 0 spiro atoms. The normalized spacial score (nSPS) is 10.8. The number of rotatable bonds is 9. The summed E-state index contributed by atoms with van der Waals surface area (Å²) in [5, 5.41) is 0.923. The molecule has 0 atom stereocenters. The molecule has 4 rings (SSSR count). The fourth-order valence-electron chi connectivity index (χ4n) is 4.01. The average Bonchev–Trinajstić information content (AvgIpc) is 2.96. The first-order valence-corrected chi connectivity index (χ1v) is 14.1. The van der Waals surface area contributed by atoms with Gasteiger partial charge in [-0.25, -0.2) is 4.90 Å². The Morgan fingerprint density at radius 1 is 0.732 bits per heavy atom. The van der Waals surface area contributed by atoms with Crippen molar-refractivity contribution < 1.29 is 19.1 Å². The number of carbonyl (C=O) groups is 3. The van der Waals surface area contributed by atoms with Gasteiger partial charge in [-0.2, -0.15) is 0 Å². The second-order valence-corrected chi connectivity index (χ2v) is 10.6. The summed E-state index contributed by atoms with van der Waals surface area (Å²) in [6.45, 7) is 2.15. The van der Waals surface area contributed by atoms with E-state index in [1.54, 1.807) is 19.1 Å². The zero-order valence-corrected chi connectivity index (χ0v) is 24.9. The highest BCUT2D eigenvalue weighted by atomic mass is 35.5. The maximum absolute atomic E-state index is 13.6. The molecule has 210 valence electrons. The highest BCUT2D eigenvalue weighted by Crippen LogP contribution is 2.28. The Balaban J connectivity index is 1.56. The molecule has 0 unspecified atom stereocenters. The number of hydrogen-bond donors (Lipinski definition) is 0. The van der Waals surface area contributed by atoms with Crippen molar-refractivity contribution in [2.45, 2.75) is 26.2 Å². The lowest BCUT2D eigenvalue weighted by Gasteiger charge is -2.21. The van der Waals surface area contributed by atoms with Crippen molar-refractivity contribution in [3.8, 4) is 0 Å². The lowest BCUT2D eigenvalue weighted by atomic mass is 10.0. The number of esters is 1. The maximum atomic E-state index is 13.6. The van der Waals surface area contributed by atoms with Crippen LogP contribution < -0.4 is 4.90 Å². The fourth-order valence-corrected chi connectivity index (χ4v) is 4.61. The first kappa shape index (κ1) is 30.5. The molecule has 2 amide bonds. The van der Waals surface area contributed by atoms with Crippen LogP contribution in [-0.4, -0.2) is 29.4 Å². The minimum atomic E-state index is -0.618. The van der Waals surface area contributed by atoms with E-state index in [1.807, 2.05) is 24.3 Å². The molecular formula is C31H24Cl4N2O4. The molecule has 1 aromatic heterocycles. The number of aryl methyl sites for hydroxylation is 1. The van der Waals surface area contributed by atoms with Crippen molar-refractivity contribution in [3.63, 3.8) is 0 Å². The molecule has 1 heterocycles. The van der Waals surface area contributed by atoms with Crippen molar-refractivity contribution in [2.75, 3.05) is 11.5 Å². The van der Waals surface area contributed by atoms with Gasteiger partial charge in [0.05, 0.1) is 38.6 Å². The number of amides is 2. The smallest absolute Gasteiger partial charge is 0.306 e. The summed E-state index contributed by atoms with van der Waals surface area (Å²) in [5.41, 5.74) is 3.37. The zero-order chi connectivity index (χ0) is 29.5. The number of hydrogen-bond acceptors (Lipinski definition) is 5. The highest BCUT2D eigenvalue weighted by Gasteiger charge is 2.27. The van der Waals surface area contributed by atoms with Gasteiger partial charge in [-0.15, -0.1) is 0 Å². The third kappa shape index (κ3) is 7.86. The summed E-state index contributed by atoms with van der Waals surface area (Å²) < 4.78 is 4.98. The predicted octanol–water partition coefficient (Wildman–Crippen LogP) is 8.27. The Morgan fingerprint density at radius 3 is 1.78 bits per heavy atom. The lowest BCUT2D eigenvalue weighted by Crippen LogP contribution is -2.37. The number of carbonyl (C=O) groups excluding carboxylic acids is 3. The van der Waals surface area contributed by atoms with Crippen LogP contribution in [0.5, 0.6) is 0 Å². The first-order valence-electron chi connectivity index (χ1n) is 12.6. The Hall–Kier alpha value is -3.42. The number of ether oxygens (including phenoxy) is 1.